The van der Waals surface area contributed by atoms with Gasteiger partial charge in [-0.2, -0.15) is 0 Å². The first kappa shape index (κ1) is 35.2. The number of furan rings is 1. The molecule has 1 aromatic heterocycles. The van der Waals surface area contributed by atoms with E-state index >= 15 is 0 Å². The number of hydrogen-bond donors (Lipinski definition) is 0. The van der Waals surface area contributed by atoms with Crippen LogP contribution in [0, 0.1) is 0 Å². The van der Waals surface area contributed by atoms with Gasteiger partial charge in [-0.15, -0.1) is 0 Å². The summed E-state index contributed by atoms with van der Waals surface area (Å²) in [7, 11) is 0. The fourth-order valence-corrected chi connectivity index (χ4v) is 8.75. The van der Waals surface area contributed by atoms with Crippen molar-refractivity contribution in [2.24, 2.45) is 0 Å². The minimum Gasteiger partial charge on any atom is -0.453 e. The SMILES string of the molecule is c1ccc(-c2ccc(N(c3ccc(-c4ccccc4)cc3)c3ccc(-c4cccc(-c5ccccc5)c4)c4c3oc3c5ccccc5c(-c5ccccc5)cc34)cc2)cc1. The molecular formula is C58H39NO. The van der Waals surface area contributed by atoms with Crippen LogP contribution in [-0.2, 0) is 0 Å². The van der Waals surface area contributed by atoms with Gasteiger partial charge in [-0.1, -0.05) is 194 Å². The molecule has 0 amide bonds. The van der Waals surface area contributed by atoms with Crippen LogP contribution in [0.2, 0.25) is 0 Å². The van der Waals surface area contributed by atoms with E-state index in [9.17, 15) is 0 Å². The van der Waals surface area contributed by atoms with Crippen LogP contribution in [0.15, 0.2) is 241 Å². The van der Waals surface area contributed by atoms with Crippen LogP contribution in [0.4, 0.5) is 17.1 Å². The summed E-state index contributed by atoms with van der Waals surface area (Å²) >= 11 is 0. The van der Waals surface area contributed by atoms with Crippen molar-refractivity contribution in [3.63, 3.8) is 0 Å². The number of anilines is 3. The summed E-state index contributed by atoms with van der Waals surface area (Å²) in [5.41, 5.74) is 16.4. The fourth-order valence-electron chi connectivity index (χ4n) is 8.75. The van der Waals surface area contributed by atoms with Crippen LogP contribution in [-0.4, -0.2) is 0 Å². The highest BCUT2D eigenvalue weighted by atomic mass is 16.3. The Kier molecular flexibility index (Phi) is 8.87. The van der Waals surface area contributed by atoms with Crippen molar-refractivity contribution in [1.29, 1.82) is 0 Å². The zero-order valence-electron chi connectivity index (χ0n) is 32.9. The van der Waals surface area contributed by atoms with Gasteiger partial charge < -0.3 is 9.32 Å². The van der Waals surface area contributed by atoms with Gasteiger partial charge >= 0.3 is 0 Å². The molecule has 11 aromatic rings. The molecule has 2 heteroatoms. The molecule has 0 saturated heterocycles. The van der Waals surface area contributed by atoms with Gasteiger partial charge in [0.05, 0.1) is 5.69 Å². The molecule has 2 nitrogen and oxygen atoms in total. The standard InChI is InChI=1S/C58H39NO/c1-5-16-40(17-6-1)43-28-32-48(33-29-43)59(49-34-30-44(31-35-49)41-18-7-2-8-19-41)55-37-36-50(47-25-15-24-46(38-47)42-20-9-3-10-21-42)56-54-39-53(45-22-11-4-12-23-45)51-26-13-14-27-52(51)57(54)60-58(55)56/h1-39H. The summed E-state index contributed by atoms with van der Waals surface area (Å²) in [4.78, 5) is 2.35. The molecule has 1 heterocycles. The molecule has 0 saturated carbocycles. The molecule has 0 spiro atoms. The number of hydrogen-bond acceptors (Lipinski definition) is 2. The van der Waals surface area contributed by atoms with Gasteiger partial charge in [0.2, 0.25) is 0 Å². The summed E-state index contributed by atoms with van der Waals surface area (Å²) < 4.78 is 7.33. The van der Waals surface area contributed by atoms with Crippen molar-refractivity contribution in [3.8, 4) is 55.6 Å². The summed E-state index contributed by atoms with van der Waals surface area (Å²) in [5.74, 6) is 0. The topological polar surface area (TPSA) is 16.4 Å². The molecule has 282 valence electrons. The maximum Gasteiger partial charge on any atom is 0.160 e. The summed E-state index contributed by atoms with van der Waals surface area (Å²) in [6.07, 6.45) is 0. The fraction of sp³-hybridized carbons (Fsp3) is 0. The first-order chi connectivity index (χ1) is 29.8. The van der Waals surface area contributed by atoms with Crippen LogP contribution < -0.4 is 4.90 Å². The van der Waals surface area contributed by atoms with E-state index in [0.29, 0.717) is 0 Å². The predicted molar refractivity (Wildman–Crippen MR) is 253 cm³/mol. The number of rotatable bonds is 8. The molecule has 11 rings (SSSR count). The van der Waals surface area contributed by atoms with Crippen molar-refractivity contribution >= 4 is 49.8 Å². The minimum absolute atomic E-state index is 0.835. The minimum atomic E-state index is 0.835. The predicted octanol–water partition coefficient (Wildman–Crippen LogP) is 16.5. The average molecular weight is 766 g/mol. The van der Waals surface area contributed by atoms with Crippen molar-refractivity contribution in [2.75, 3.05) is 4.90 Å². The Balaban J connectivity index is 1.19. The maximum absolute atomic E-state index is 7.33. The summed E-state index contributed by atoms with van der Waals surface area (Å²) in [5, 5.41) is 4.42. The van der Waals surface area contributed by atoms with E-state index in [1.54, 1.807) is 0 Å². The highest BCUT2D eigenvalue weighted by Crippen LogP contribution is 2.49. The zero-order chi connectivity index (χ0) is 39.8. The van der Waals surface area contributed by atoms with Crippen LogP contribution in [0.1, 0.15) is 0 Å². The van der Waals surface area contributed by atoms with Crippen LogP contribution in [0.5, 0.6) is 0 Å². The van der Waals surface area contributed by atoms with E-state index in [0.717, 1.165) is 60.9 Å². The molecular weight excluding hydrogens is 727 g/mol. The Bertz CT molecular complexity index is 3180. The molecule has 60 heavy (non-hydrogen) atoms. The van der Waals surface area contributed by atoms with Gasteiger partial charge in [-0.05, 0) is 103 Å². The van der Waals surface area contributed by atoms with E-state index in [1.807, 2.05) is 0 Å². The molecule has 0 atom stereocenters. The monoisotopic (exact) mass is 765 g/mol. The summed E-state index contributed by atoms with van der Waals surface area (Å²) in [6, 6.07) is 84.6. The van der Waals surface area contributed by atoms with Gasteiger partial charge in [-0.3, -0.25) is 0 Å². The third-order valence-electron chi connectivity index (χ3n) is 11.7. The van der Waals surface area contributed by atoms with Crippen LogP contribution in [0.3, 0.4) is 0 Å². The van der Waals surface area contributed by atoms with Crippen molar-refractivity contribution in [3.05, 3.63) is 237 Å². The zero-order valence-corrected chi connectivity index (χ0v) is 32.9. The summed E-state index contributed by atoms with van der Waals surface area (Å²) in [6.45, 7) is 0. The van der Waals surface area contributed by atoms with E-state index in [-0.39, 0.29) is 0 Å². The molecule has 10 aromatic carbocycles. The smallest absolute Gasteiger partial charge is 0.160 e. The van der Waals surface area contributed by atoms with E-state index in [4.69, 9.17) is 4.42 Å². The van der Waals surface area contributed by atoms with Crippen LogP contribution in [0.25, 0.3) is 88.3 Å². The third-order valence-corrected chi connectivity index (χ3v) is 11.7. The van der Waals surface area contributed by atoms with Gasteiger partial charge in [0, 0.05) is 27.5 Å². The normalized spacial score (nSPS) is 11.3. The van der Waals surface area contributed by atoms with Crippen molar-refractivity contribution in [1.82, 2.24) is 0 Å². The Morgan fingerprint density at radius 2 is 0.717 bits per heavy atom. The molecule has 0 radical (unpaired) electrons. The first-order valence-corrected chi connectivity index (χ1v) is 20.5. The maximum atomic E-state index is 7.33. The Hall–Kier alpha value is -7.94. The molecule has 0 bridgehead atoms. The van der Waals surface area contributed by atoms with Crippen molar-refractivity contribution < 1.29 is 4.42 Å². The Morgan fingerprint density at radius 3 is 1.28 bits per heavy atom. The Labute approximate surface area is 349 Å². The Morgan fingerprint density at radius 1 is 0.267 bits per heavy atom. The van der Waals surface area contributed by atoms with E-state index in [1.165, 1.54) is 44.5 Å². The largest absolute Gasteiger partial charge is 0.453 e. The molecule has 0 unspecified atom stereocenters. The molecule has 0 aliphatic rings. The lowest BCUT2D eigenvalue weighted by atomic mass is 9.92. The molecule has 0 aliphatic heterocycles. The van der Waals surface area contributed by atoms with Gasteiger partial charge in [0.15, 0.2) is 5.58 Å². The lowest BCUT2D eigenvalue weighted by Gasteiger charge is -2.26. The van der Waals surface area contributed by atoms with E-state index in [2.05, 4.69) is 241 Å². The highest BCUT2D eigenvalue weighted by molar-refractivity contribution is 6.24. The van der Waals surface area contributed by atoms with Crippen molar-refractivity contribution in [2.45, 2.75) is 0 Å². The average Bonchev–Trinajstić information content (AvgIpc) is 3.73. The molecule has 0 aliphatic carbocycles. The first-order valence-electron chi connectivity index (χ1n) is 20.5. The second-order valence-electron chi connectivity index (χ2n) is 15.3. The van der Waals surface area contributed by atoms with Gasteiger partial charge in [0.25, 0.3) is 0 Å². The molecule has 0 N–H and O–H groups in total. The quantitative estimate of drug-likeness (QED) is 0.153. The highest BCUT2D eigenvalue weighted by Gasteiger charge is 2.24. The number of benzene rings is 10. The number of nitrogens with zero attached hydrogens (tertiary/aromatic N) is 1. The number of fused-ring (bicyclic) bond motifs is 5. The second-order valence-corrected chi connectivity index (χ2v) is 15.3. The van der Waals surface area contributed by atoms with E-state index < -0.39 is 0 Å². The molecule has 0 fully saturated rings. The van der Waals surface area contributed by atoms with Gasteiger partial charge in [-0.25, -0.2) is 0 Å². The van der Waals surface area contributed by atoms with Gasteiger partial charge in [0.1, 0.15) is 5.58 Å². The second kappa shape index (κ2) is 15.1. The lowest BCUT2D eigenvalue weighted by Crippen LogP contribution is -2.10. The third kappa shape index (κ3) is 6.32. The van der Waals surface area contributed by atoms with Crippen LogP contribution >= 0.6 is 0 Å². The lowest BCUT2D eigenvalue weighted by molar-refractivity contribution is 0.673.